The molecule has 2 aromatic carbocycles. The average molecular weight is 539 g/mol. The van der Waals surface area contributed by atoms with Crippen LogP contribution in [0.5, 0.6) is 0 Å². The first kappa shape index (κ1) is 28.6. The average Bonchev–Trinajstić information content (AvgIpc) is 2.90. The summed E-state index contributed by atoms with van der Waals surface area (Å²) in [5.74, 6) is 0. The van der Waals surface area contributed by atoms with Gasteiger partial charge in [-0.25, -0.2) is 0 Å². The molecule has 3 rings (SSSR count). The predicted molar refractivity (Wildman–Crippen MR) is 163 cm³/mol. The van der Waals surface area contributed by atoms with Crippen LogP contribution in [0.15, 0.2) is 50.9 Å². The minimum absolute atomic E-state index is 0.0953. The van der Waals surface area contributed by atoms with E-state index in [9.17, 15) is 0 Å². The Bertz CT molecular complexity index is 1230. The summed E-state index contributed by atoms with van der Waals surface area (Å²) in [5.41, 5.74) is 10.5. The van der Waals surface area contributed by atoms with Gasteiger partial charge in [-0.05, 0) is 0 Å². The van der Waals surface area contributed by atoms with Crippen molar-refractivity contribution in [1.29, 1.82) is 0 Å². The molecule has 0 N–H and O–H groups in total. The molecule has 1 aliphatic rings. The van der Waals surface area contributed by atoms with Crippen molar-refractivity contribution in [2.24, 2.45) is 0 Å². The molecule has 3 heteroatoms. The quantitative estimate of drug-likeness (QED) is 0.336. The van der Waals surface area contributed by atoms with Crippen LogP contribution in [0.25, 0.3) is 0 Å². The van der Waals surface area contributed by atoms with Crippen LogP contribution in [-0.4, -0.2) is 16.1 Å². The number of benzene rings is 2. The van der Waals surface area contributed by atoms with E-state index < -0.39 is 32.7 Å². The van der Waals surface area contributed by atoms with Gasteiger partial charge in [0.15, 0.2) is 0 Å². The van der Waals surface area contributed by atoms with Crippen LogP contribution < -0.4 is 15.6 Å². The third kappa shape index (κ3) is 4.52. The molecule has 0 spiro atoms. The van der Waals surface area contributed by atoms with Gasteiger partial charge in [0, 0.05) is 0 Å². The number of hydrogen-bond donors (Lipinski definition) is 0. The zero-order chi connectivity index (χ0) is 26.9. The zero-order valence-electron chi connectivity index (χ0n) is 25.4. The van der Waals surface area contributed by atoms with Gasteiger partial charge in [-0.2, -0.15) is 0 Å². The van der Waals surface area contributed by atoms with Crippen molar-refractivity contribution < 1.29 is 16.6 Å². The van der Waals surface area contributed by atoms with E-state index in [1.165, 1.54) is 22.3 Å². The third-order valence-electron chi connectivity index (χ3n) is 9.53. The molecule has 0 bridgehead atoms. The Morgan fingerprint density at radius 3 is 1.54 bits per heavy atom. The van der Waals surface area contributed by atoms with Gasteiger partial charge in [-0.15, -0.1) is 0 Å². The van der Waals surface area contributed by atoms with Crippen molar-refractivity contribution in [3.8, 4) is 0 Å². The maximum absolute atomic E-state index is 2.71. The molecule has 0 saturated carbocycles. The maximum atomic E-state index is 2.71. The van der Waals surface area contributed by atoms with Gasteiger partial charge in [0.1, 0.15) is 0 Å². The first-order valence-electron chi connectivity index (χ1n) is 13.4. The van der Waals surface area contributed by atoms with Crippen molar-refractivity contribution >= 4 is 31.7 Å². The Morgan fingerprint density at radius 1 is 0.629 bits per heavy atom. The van der Waals surface area contributed by atoms with Crippen LogP contribution in [0.1, 0.15) is 49.9 Å². The van der Waals surface area contributed by atoms with Crippen LogP contribution in [0.2, 0.25) is 46.9 Å². The van der Waals surface area contributed by atoms with E-state index in [0.29, 0.717) is 0 Å². The fraction of sp³-hybridized carbons (Fsp3) is 0.500. The van der Waals surface area contributed by atoms with Crippen LogP contribution in [0.4, 0.5) is 0 Å². The van der Waals surface area contributed by atoms with Gasteiger partial charge in [-0.3, -0.25) is 0 Å². The van der Waals surface area contributed by atoms with Crippen LogP contribution in [0.3, 0.4) is 0 Å². The first-order chi connectivity index (χ1) is 15.8. The summed E-state index contributed by atoms with van der Waals surface area (Å²) in [6.45, 7) is 29.4. The fourth-order valence-electron chi connectivity index (χ4n) is 6.92. The Balaban J connectivity index is 2.57. The number of hydrogen-bond acceptors (Lipinski definition) is 0. The van der Waals surface area contributed by atoms with Gasteiger partial charge in [0.2, 0.25) is 0 Å². The Labute approximate surface area is 222 Å². The van der Waals surface area contributed by atoms with E-state index in [1.54, 1.807) is 32.3 Å². The normalized spacial score (nSPS) is 21.1. The van der Waals surface area contributed by atoms with Crippen LogP contribution in [-0.2, 0) is 16.6 Å². The second-order valence-electron chi connectivity index (χ2n) is 13.8. The molecule has 0 heterocycles. The molecule has 0 radical (unpaired) electrons. The Kier molecular flexibility index (Phi) is 7.46. The summed E-state index contributed by atoms with van der Waals surface area (Å²) in [5, 5.41) is 12.8. The van der Waals surface area contributed by atoms with Crippen molar-refractivity contribution in [2.75, 3.05) is 0 Å². The van der Waals surface area contributed by atoms with E-state index in [1.807, 2.05) is 3.88 Å². The topological polar surface area (TPSA) is 0 Å². The molecule has 2 unspecified atom stereocenters. The molecule has 35 heavy (non-hydrogen) atoms. The molecule has 0 nitrogen and oxygen atoms in total. The van der Waals surface area contributed by atoms with Gasteiger partial charge < -0.3 is 0 Å². The Hall–Kier alpha value is -0.932. The summed E-state index contributed by atoms with van der Waals surface area (Å²) >= 11 is -2.20. The summed E-state index contributed by atoms with van der Waals surface area (Å²) in [6.07, 6.45) is 0. The molecule has 0 aromatic heterocycles. The van der Waals surface area contributed by atoms with Crippen molar-refractivity contribution in [3.63, 3.8) is 0 Å². The fourth-order valence-corrected chi connectivity index (χ4v) is 20.8. The molecule has 1 aliphatic carbocycles. The molecular weight excluding hydrogens is 488 g/mol. The number of rotatable bonds is 5. The zero-order valence-corrected chi connectivity index (χ0v) is 28.9. The summed E-state index contributed by atoms with van der Waals surface area (Å²) in [7, 11) is -3.74. The molecular formula is C32H50Si2Ti. The predicted octanol–water partition coefficient (Wildman–Crippen LogP) is 8.34. The molecule has 0 saturated heterocycles. The van der Waals surface area contributed by atoms with Gasteiger partial charge in [0.25, 0.3) is 0 Å². The van der Waals surface area contributed by atoms with Gasteiger partial charge >= 0.3 is 224 Å². The van der Waals surface area contributed by atoms with Crippen molar-refractivity contribution in [1.82, 2.24) is 0 Å². The summed E-state index contributed by atoms with van der Waals surface area (Å²) in [6, 6.07) is 12.8. The first-order valence-corrected chi connectivity index (χ1v) is 24.9. The SMILES string of the molecule is CC1=C(C)C(C)([Si](C)(c2cc(C)cc([Si](C)(C)C)c2)c2cc(C)c(C)c(C)c2)[C]([Ti]([CH3])([CH3])[CH3])=C1C. The van der Waals surface area contributed by atoms with E-state index in [2.05, 4.69) is 128 Å². The third-order valence-corrected chi connectivity index (χ3v) is 21.2. The monoisotopic (exact) mass is 538 g/mol. The van der Waals surface area contributed by atoms with Crippen molar-refractivity contribution in [3.05, 3.63) is 73.2 Å². The van der Waals surface area contributed by atoms with Crippen LogP contribution >= 0.6 is 0 Å². The second kappa shape index (κ2) is 9.12. The second-order valence-corrected chi connectivity index (χ2v) is 31.1. The molecule has 2 aromatic rings. The molecule has 0 amide bonds. The van der Waals surface area contributed by atoms with E-state index >= 15 is 0 Å². The molecule has 2 atom stereocenters. The molecule has 0 aliphatic heterocycles. The van der Waals surface area contributed by atoms with Gasteiger partial charge in [-0.1, -0.05) is 0 Å². The Morgan fingerprint density at radius 2 is 1.09 bits per heavy atom. The van der Waals surface area contributed by atoms with E-state index in [0.717, 1.165) is 0 Å². The standard InChI is InChI=1S/C29H41Si2.3CH3.Ti/c1-19-13-26(30(9,10)11)17-27(14-19)31(12,28-15-20(2)23(5)21(3)16-28)29(8)18-22(4)24(6)25(29)7;;;;/h13-17H,1-12H3;3*1H3;. The number of allylic oxidation sites excluding steroid dienone is 4. The molecule has 0 fully saturated rings. The van der Waals surface area contributed by atoms with Crippen LogP contribution in [0, 0.1) is 27.7 Å². The summed E-state index contributed by atoms with van der Waals surface area (Å²) < 4.78 is 1.84. The van der Waals surface area contributed by atoms with E-state index in [-0.39, 0.29) is 5.04 Å². The van der Waals surface area contributed by atoms with E-state index in [4.69, 9.17) is 0 Å². The van der Waals surface area contributed by atoms with Crippen molar-refractivity contribution in [2.45, 2.75) is 102 Å². The van der Waals surface area contributed by atoms with Gasteiger partial charge in [0.05, 0.1) is 0 Å². The molecule has 190 valence electrons. The number of aryl methyl sites for hydroxylation is 3. The summed E-state index contributed by atoms with van der Waals surface area (Å²) in [4.78, 5) is 0. The minimum atomic E-state index is -2.29.